The highest BCUT2D eigenvalue weighted by Gasteiger charge is 2.35. The lowest BCUT2D eigenvalue weighted by Crippen LogP contribution is -2.35. The average molecular weight is 405 g/mol. The van der Waals surface area contributed by atoms with Crippen molar-refractivity contribution in [1.82, 2.24) is 4.90 Å². The Morgan fingerprint density at radius 2 is 1.73 bits per heavy atom. The van der Waals surface area contributed by atoms with Gasteiger partial charge in [0.1, 0.15) is 0 Å². The summed E-state index contributed by atoms with van der Waals surface area (Å²) in [6.07, 6.45) is -4.67. The van der Waals surface area contributed by atoms with Crippen LogP contribution in [-0.2, 0) is 11.0 Å². The van der Waals surface area contributed by atoms with Crippen LogP contribution in [0.3, 0.4) is 0 Å². The summed E-state index contributed by atoms with van der Waals surface area (Å²) in [5.74, 6) is -1.51. The summed E-state index contributed by atoms with van der Waals surface area (Å²) in [7, 11) is 1.24. The molecule has 2 amide bonds. The third-order valence-electron chi connectivity index (χ3n) is 3.39. The number of benzene rings is 2. The van der Waals surface area contributed by atoms with Gasteiger partial charge in [-0.15, -0.1) is 0 Å². The molecule has 0 aliphatic heterocycles. The molecule has 0 unspecified atom stereocenters. The number of nitrogens with one attached hydrogen (secondary N) is 1. The quantitative estimate of drug-likeness (QED) is 0.800. The van der Waals surface area contributed by atoms with Gasteiger partial charge in [0, 0.05) is 12.7 Å². The van der Waals surface area contributed by atoms with E-state index in [1.54, 1.807) is 0 Å². The summed E-state index contributed by atoms with van der Waals surface area (Å²) >= 11 is 11.6. The van der Waals surface area contributed by atoms with Gasteiger partial charge in [-0.25, -0.2) is 0 Å². The third-order valence-corrected chi connectivity index (χ3v) is 4.13. The predicted octanol–water partition coefficient (Wildman–Crippen LogP) is 4.72. The smallest absolute Gasteiger partial charge is 0.332 e. The molecule has 0 aliphatic carbocycles. The number of hydrogen-bond acceptors (Lipinski definition) is 2. The minimum absolute atomic E-state index is 0.230. The molecule has 0 aromatic heterocycles. The van der Waals surface area contributed by atoms with Crippen LogP contribution in [0.5, 0.6) is 0 Å². The van der Waals surface area contributed by atoms with Crippen LogP contribution in [0.4, 0.5) is 18.9 Å². The molecule has 2 aromatic carbocycles. The van der Waals surface area contributed by atoms with E-state index in [2.05, 4.69) is 5.32 Å². The highest BCUT2D eigenvalue weighted by molar-refractivity contribution is 6.42. The van der Waals surface area contributed by atoms with Gasteiger partial charge in [0.25, 0.3) is 5.91 Å². The summed E-state index contributed by atoms with van der Waals surface area (Å²) in [6, 6.07) is 8.81. The van der Waals surface area contributed by atoms with Crippen molar-refractivity contribution in [2.45, 2.75) is 6.18 Å². The summed E-state index contributed by atoms with van der Waals surface area (Å²) in [4.78, 5) is 25.2. The lowest BCUT2D eigenvalue weighted by Gasteiger charge is -2.19. The van der Waals surface area contributed by atoms with Crippen molar-refractivity contribution in [3.05, 3.63) is 63.6 Å². The van der Waals surface area contributed by atoms with Crippen LogP contribution in [-0.4, -0.2) is 30.3 Å². The van der Waals surface area contributed by atoms with Gasteiger partial charge in [-0.2, -0.15) is 13.2 Å². The molecule has 2 aromatic rings. The zero-order chi connectivity index (χ0) is 19.5. The minimum atomic E-state index is -4.67. The number of alkyl halides is 3. The van der Waals surface area contributed by atoms with E-state index in [4.69, 9.17) is 23.2 Å². The second-order valence-corrected chi connectivity index (χ2v) is 6.20. The molecule has 0 atom stereocenters. The molecule has 0 radical (unpaired) electrons. The second-order valence-electron chi connectivity index (χ2n) is 5.38. The summed E-state index contributed by atoms with van der Waals surface area (Å²) in [6.45, 7) is -0.439. The number of carbonyl (C=O) groups is 2. The molecule has 138 valence electrons. The Balaban J connectivity index is 2.10. The fourth-order valence-electron chi connectivity index (χ4n) is 2.18. The van der Waals surface area contributed by atoms with Crippen molar-refractivity contribution < 1.29 is 22.8 Å². The van der Waals surface area contributed by atoms with Crippen LogP contribution in [0.15, 0.2) is 42.5 Å². The van der Waals surface area contributed by atoms with Crippen LogP contribution in [0, 0.1) is 0 Å². The Labute approximate surface area is 157 Å². The first kappa shape index (κ1) is 20.1. The number of amides is 2. The van der Waals surface area contributed by atoms with Crippen molar-refractivity contribution >= 4 is 40.7 Å². The molecular formula is C17H13Cl2F3N2O2. The lowest BCUT2D eigenvalue weighted by atomic mass is 10.1. The molecule has 0 saturated heterocycles. The molecule has 4 nitrogen and oxygen atoms in total. The van der Waals surface area contributed by atoms with Crippen LogP contribution < -0.4 is 5.32 Å². The average Bonchev–Trinajstić information content (AvgIpc) is 2.56. The molecule has 2 rings (SSSR count). The fraction of sp³-hybridized carbons (Fsp3) is 0.176. The largest absolute Gasteiger partial charge is 0.417 e. The maximum Gasteiger partial charge on any atom is 0.417 e. The van der Waals surface area contributed by atoms with Crippen LogP contribution in [0.25, 0.3) is 0 Å². The van der Waals surface area contributed by atoms with Crippen LogP contribution in [0.1, 0.15) is 15.9 Å². The molecule has 0 aliphatic rings. The van der Waals surface area contributed by atoms with E-state index in [0.717, 1.165) is 17.0 Å². The van der Waals surface area contributed by atoms with E-state index in [9.17, 15) is 22.8 Å². The number of rotatable bonds is 4. The van der Waals surface area contributed by atoms with E-state index in [-0.39, 0.29) is 5.02 Å². The predicted molar refractivity (Wildman–Crippen MR) is 93.5 cm³/mol. The third kappa shape index (κ3) is 4.89. The SMILES string of the molecule is CN(CC(=O)Nc1ccc(Cl)c(Cl)c1)C(=O)c1ccccc1C(F)(F)F. The van der Waals surface area contributed by atoms with E-state index >= 15 is 0 Å². The zero-order valence-electron chi connectivity index (χ0n) is 13.4. The highest BCUT2D eigenvalue weighted by atomic mass is 35.5. The number of carbonyl (C=O) groups excluding carboxylic acids is 2. The van der Waals surface area contributed by atoms with Gasteiger partial charge < -0.3 is 10.2 Å². The molecule has 0 fully saturated rings. The first-order valence-corrected chi connectivity index (χ1v) is 8.02. The minimum Gasteiger partial charge on any atom is -0.332 e. The van der Waals surface area contributed by atoms with Crippen molar-refractivity contribution in [3.63, 3.8) is 0 Å². The lowest BCUT2D eigenvalue weighted by molar-refractivity contribution is -0.138. The van der Waals surface area contributed by atoms with Gasteiger partial charge in [-0.1, -0.05) is 35.3 Å². The number of anilines is 1. The van der Waals surface area contributed by atoms with Gasteiger partial charge in [0.2, 0.25) is 5.91 Å². The maximum absolute atomic E-state index is 13.0. The van der Waals surface area contributed by atoms with Crippen molar-refractivity contribution in [1.29, 1.82) is 0 Å². The molecule has 0 bridgehead atoms. The Morgan fingerprint density at radius 1 is 1.08 bits per heavy atom. The Kier molecular flexibility index (Phi) is 6.15. The summed E-state index contributed by atoms with van der Waals surface area (Å²) < 4.78 is 39.1. The van der Waals surface area contributed by atoms with Crippen molar-refractivity contribution in [2.24, 2.45) is 0 Å². The van der Waals surface area contributed by atoms with Gasteiger partial charge in [-0.05, 0) is 30.3 Å². The Hall–Kier alpha value is -2.25. The zero-order valence-corrected chi connectivity index (χ0v) is 14.9. The Morgan fingerprint density at radius 3 is 2.35 bits per heavy atom. The van der Waals surface area contributed by atoms with Gasteiger partial charge >= 0.3 is 6.18 Å². The summed E-state index contributed by atoms with van der Waals surface area (Å²) in [5.41, 5.74) is -1.23. The molecular weight excluding hydrogens is 392 g/mol. The normalized spacial score (nSPS) is 11.2. The molecule has 26 heavy (non-hydrogen) atoms. The second kappa shape index (κ2) is 7.97. The van der Waals surface area contributed by atoms with Gasteiger partial charge in [0.15, 0.2) is 0 Å². The number of likely N-dealkylation sites (N-methyl/N-ethyl adjacent to an activating group) is 1. The molecule has 0 spiro atoms. The van der Waals surface area contributed by atoms with Crippen molar-refractivity contribution in [2.75, 3.05) is 18.9 Å². The van der Waals surface area contributed by atoms with Gasteiger partial charge in [-0.3, -0.25) is 9.59 Å². The maximum atomic E-state index is 13.0. The van der Waals surface area contributed by atoms with E-state index in [1.165, 1.54) is 37.4 Å². The van der Waals surface area contributed by atoms with Gasteiger partial charge in [0.05, 0.1) is 27.7 Å². The highest BCUT2D eigenvalue weighted by Crippen LogP contribution is 2.32. The molecule has 0 saturated carbocycles. The van der Waals surface area contributed by atoms with E-state index in [0.29, 0.717) is 10.7 Å². The first-order valence-electron chi connectivity index (χ1n) is 7.26. The monoisotopic (exact) mass is 404 g/mol. The fourth-order valence-corrected chi connectivity index (χ4v) is 2.48. The van der Waals surface area contributed by atoms with Crippen LogP contribution >= 0.6 is 23.2 Å². The van der Waals surface area contributed by atoms with E-state index < -0.39 is 35.7 Å². The topological polar surface area (TPSA) is 49.4 Å². The number of hydrogen-bond donors (Lipinski definition) is 1. The number of halogens is 5. The van der Waals surface area contributed by atoms with Crippen molar-refractivity contribution in [3.8, 4) is 0 Å². The number of nitrogens with zero attached hydrogens (tertiary/aromatic N) is 1. The molecule has 1 N–H and O–H groups in total. The van der Waals surface area contributed by atoms with E-state index in [1.807, 2.05) is 0 Å². The Bertz CT molecular complexity index is 841. The summed E-state index contributed by atoms with van der Waals surface area (Å²) in [5, 5.41) is 3.03. The first-order chi connectivity index (χ1) is 12.1. The van der Waals surface area contributed by atoms with Crippen LogP contribution in [0.2, 0.25) is 10.0 Å². The standard InChI is InChI=1S/C17H13Cl2F3N2O2/c1-24(9-15(25)23-10-6-7-13(18)14(19)8-10)16(26)11-4-2-3-5-12(11)17(20,21)22/h2-8H,9H2,1H3,(H,23,25). The molecule has 9 heteroatoms. The molecule has 0 heterocycles.